The number of H-pyrrole nitrogens is 1. The summed E-state index contributed by atoms with van der Waals surface area (Å²) in [5.74, 6) is 1.19. The lowest BCUT2D eigenvalue weighted by molar-refractivity contribution is -0.131. The van der Waals surface area contributed by atoms with E-state index in [1.807, 2.05) is 11.0 Å². The van der Waals surface area contributed by atoms with Crippen LogP contribution in [0.1, 0.15) is 43.5 Å². The van der Waals surface area contributed by atoms with Crippen LogP contribution in [0.5, 0.6) is 0 Å². The molecular weight excluding hydrogens is 262 g/mol. The van der Waals surface area contributed by atoms with Gasteiger partial charge in [0.1, 0.15) is 5.82 Å². The summed E-state index contributed by atoms with van der Waals surface area (Å²) in [4.78, 5) is 22.2. The van der Waals surface area contributed by atoms with Crippen LogP contribution >= 0.6 is 0 Å². The summed E-state index contributed by atoms with van der Waals surface area (Å²) in [6.45, 7) is 3.93. The Kier molecular flexibility index (Phi) is 4.23. The van der Waals surface area contributed by atoms with Crippen LogP contribution in [-0.4, -0.2) is 33.9 Å². The standard InChI is InChI=1S/C17H23N3O/c1-13-6-7-14-15(12-13)19-16(18-14)8-9-17(21)20-10-4-2-3-5-11-20/h6-7,12H,2-5,8-11H2,1H3,(H,18,19). The Morgan fingerprint density at radius 3 is 2.76 bits per heavy atom. The van der Waals surface area contributed by atoms with E-state index in [0.717, 1.165) is 42.8 Å². The maximum absolute atomic E-state index is 12.3. The van der Waals surface area contributed by atoms with Gasteiger partial charge in [-0.3, -0.25) is 4.79 Å². The van der Waals surface area contributed by atoms with Crippen LogP contribution in [0.2, 0.25) is 0 Å². The molecule has 1 fully saturated rings. The highest BCUT2D eigenvalue weighted by atomic mass is 16.2. The van der Waals surface area contributed by atoms with Gasteiger partial charge in [0.2, 0.25) is 5.91 Å². The van der Waals surface area contributed by atoms with Crippen molar-refractivity contribution in [2.75, 3.05) is 13.1 Å². The van der Waals surface area contributed by atoms with Crippen molar-refractivity contribution in [1.82, 2.24) is 14.9 Å². The Bertz CT molecular complexity index is 624. The van der Waals surface area contributed by atoms with E-state index in [9.17, 15) is 4.79 Å². The lowest BCUT2D eigenvalue weighted by Gasteiger charge is -2.19. The number of aromatic nitrogens is 2. The minimum absolute atomic E-state index is 0.272. The number of benzene rings is 1. The van der Waals surface area contributed by atoms with Gasteiger partial charge in [0.05, 0.1) is 11.0 Å². The van der Waals surface area contributed by atoms with E-state index >= 15 is 0 Å². The number of rotatable bonds is 3. The van der Waals surface area contributed by atoms with Gasteiger partial charge < -0.3 is 9.88 Å². The van der Waals surface area contributed by atoms with Crippen molar-refractivity contribution in [3.05, 3.63) is 29.6 Å². The van der Waals surface area contributed by atoms with E-state index in [1.165, 1.54) is 18.4 Å². The molecule has 0 aliphatic carbocycles. The third-order valence-corrected chi connectivity index (χ3v) is 4.22. The lowest BCUT2D eigenvalue weighted by Crippen LogP contribution is -2.32. The fraction of sp³-hybridized carbons (Fsp3) is 0.529. The fourth-order valence-corrected chi connectivity index (χ4v) is 3.00. The van der Waals surface area contributed by atoms with Crippen molar-refractivity contribution in [1.29, 1.82) is 0 Å². The molecule has 1 aromatic carbocycles. The lowest BCUT2D eigenvalue weighted by atomic mass is 10.2. The number of amides is 1. The average molecular weight is 285 g/mol. The molecule has 0 bridgehead atoms. The molecule has 112 valence electrons. The number of hydrogen-bond donors (Lipinski definition) is 1. The summed E-state index contributed by atoms with van der Waals surface area (Å²) in [5, 5.41) is 0. The first kappa shape index (κ1) is 14.1. The largest absolute Gasteiger partial charge is 0.343 e. The van der Waals surface area contributed by atoms with Gasteiger partial charge in [0.15, 0.2) is 0 Å². The van der Waals surface area contributed by atoms with Crippen LogP contribution in [0.25, 0.3) is 11.0 Å². The number of nitrogens with zero attached hydrogens (tertiary/aromatic N) is 2. The molecule has 2 aromatic rings. The second-order valence-electron chi connectivity index (χ2n) is 6.00. The second-order valence-corrected chi connectivity index (χ2v) is 6.00. The maximum Gasteiger partial charge on any atom is 0.223 e. The van der Waals surface area contributed by atoms with Crippen LogP contribution in [0.3, 0.4) is 0 Å². The Morgan fingerprint density at radius 2 is 2.00 bits per heavy atom. The Hall–Kier alpha value is -1.84. The third kappa shape index (κ3) is 3.43. The van der Waals surface area contributed by atoms with Gasteiger partial charge in [-0.25, -0.2) is 4.98 Å². The van der Waals surface area contributed by atoms with E-state index in [2.05, 4.69) is 29.0 Å². The first-order valence-electron chi connectivity index (χ1n) is 7.95. The smallest absolute Gasteiger partial charge is 0.223 e. The van der Waals surface area contributed by atoms with Crippen molar-refractivity contribution >= 4 is 16.9 Å². The number of fused-ring (bicyclic) bond motifs is 1. The average Bonchev–Trinajstić information content (AvgIpc) is 2.69. The van der Waals surface area contributed by atoms with Crippen molar-refractivity contribution in [3.63, 3.8) is 0 Å². The maximum atomic E-state index is 12.3. The number of likely N-dealkylation sites (tertiary alicyclic amines) is 1. The Balaban J connectivity index is 1.61. The molecule has 2 heterocycles. The van der Waals surface area contributed by atoms with Crippen molar-refractivity contribution < 1.29 is 4.79 Å². The first-order valence-corrected chi connectivity index (χ1v) is 7.95. The highest BCUT2D eigenvalue weighted by Crippen LogP contribution is 2.15. The monoisotopic (exact) mass is 285 g/mol. The van der Waals surface area contributed by atoms with E-state index in [-0.39, 0.29) is 5.91 Å². The molecule has 1 amide bonds. The topological polar surface area (TPSA) is 49.0 Å². The van der Waals surface area contributed by atoms with E-state index < -0.39 is 0 Å². The molecule has 3 rings (SSSR count). The van der Waals surface area contributed by atoms with Gasteiger partial charge in [-0.05, 0) is 37.5 Å². The molecule has 1 aliphatic rings. The van der Waals surface area contributed by atoms with E-state index in [0.29, 0.717) is 12.8 Å². The zero-order valence-electron chi connectivity index (χ0n) is 12.7. The quantitative estimate of drug-likeness (QED) is 0.941. The molecule has 0 unspecified atom stereocenters. The summed E-state index contributed by atoms with van der Waals surface area (Å²) in [6.07, 6.45) is 6.06. The molecule has 1 aromatic heterocycles. The minimum atomic E-state index is 0.272. The van der Waals surface area contributed by atoms with Gasteiger partial charge in [0.25, 0.3) is 0 Å². The number of carbonyl (C=O) groups excluding carboxylic acids is 1. The van der Waals surface area contributed by atoms with Gasteiger partial charge in [0, 0.05) is 25.9 Å². The number of aryl methyl sites for hydroxylation is 2. The van der Waals surface area contributed by atoms with Crippen molar-refractivity contribution in [2.24, 2.45) is 0 Å². The SMILES string of the molecule is Cc1ccc2nc(CCC(=O)N3CCCCCC3)[nH]c2c1. The van der Waals surface area contributed by atoms with E-state index in [4.69, 9.17) is 0 Å². The summed E-state index contributed by atoms with van der Waals surface area (Å²) >= 11 is 0. The predicted octanol–water partition coefficient (Wildman–Crippen LogP) is 3.21. The molecular formula is C17H23N3O. The fourth-order valence-electron chi connectivity index (χ4n) is 3.00. The summed E-state index contributed by atoms with van der Waals surface area (Å²) in [6, 6.07) is 6.19. The Morgan fingerprint density at radius 1 is 1.24 bits per heavy atom. The molecule has 4 heteroatoms. The molecule has 1 saturated heterocycles. The zero-order valence-corrected chi connectivity index (χ0v) is 12.7. The number of imidazole rings is 1. The van der Waals surface area contributed by atoms with E-state index in [1.54, 1.807) is 0 Å². The number of aromatic amines is 1. The van der Waals surface area contributed by atoms with Crippen molar-refractivity contribution in [2.45, 2.75) is 45.4 Å². The molecule has 0 atom stereocenters. The summed E-state index contributed by atoms with van der Waals surface area (Å²) < 4.78 is 0. The molecule has 1 aliphatic heterocycles. The molecule has 0 saturated carbocycles. The number of hydrogen-bond acceptors (Lipinski definition) is 2. The summed E-state index contributed by atoms with van der Waals surface area (Å²) in [7, 11) is 0. The molecule has 4 nitrogen and oxygen atoms in total. The molecule has 0 spiro atoms. The normalized spacial score (nSPS) is 16.1. The molecule has 21 heavy (non-hydrogen) atoms. The van der Waals surface area contributed by atoms with Gasteiger partial charge in [-0.1, -0.05) is 18.9 Å². The number of carbonyl (C=O) groups is 1. The van der Waals surface area contributed by atoms with Crippen LogP contribution < -0.4 is 0 Å². The van der Waals surface area contributed by atoms with Gasteiger partial charge in [-0.2, -0.15) is 0 Å². The minimum Gasteiger partial charge on any atom is -0.343 e. The van der Waals surface area contributed by atoms with Crippen LogP contribution in [-0.2, 0) is 11.2 Å². The second kappa shape index (κ2) is 6.29. The molecule has 0 radical (unpaired) electrons. The van der Waals surface area contributed by atoms with Crippen LogP contribution in [0.4, 0.5) is 0 Å². The predicted molar refractivity (Wildman–Crippen MR) is 84.2 cm³/mol. The first-order chi connectivity index (χ1) is 10.2. The number of nitrogens with one attached hydrogen (secondary N) is 1. The van der Waals surface area contributed by atoms with Crippen molar-refractivity contribution in [3.8, 4) is 0 Å². The Labute approximate surface area is 125 Å². The van der Waals surface area contributed by atoms with Gasteiger partial charge in [-0.15, -0.1) is 0 Å². The highest BCUT2D eigenvalue weighted by molar-refractivity contribution is 5.77. The zero-order chi connectivity index (χ0) is 14.7. The van der Waals surface area contributed by atoms with Gasteiger partial charge >= 0.3 is 0 Å². The summed E-state index contributed by atoms with van der Waals surface area (Å²) in [5.41, 5.74) is 3.27. The highest BCUT2D eigenvalue weighted by Gasteiger charge is 2.15. The van der Waals surface area contributed by atoms with Crippen LogP contribution in [0.15, 0.2) is 18.2 Å². The molecule has 1 N–H and O–H groups in total. The third-order valence-electron chi connectivity index (χ3n) is 4.22. The van der Waals surface area contributed by atoms with Crippen LogP contribution in [0, 0.1) is 6.92 Å².